The largest absolute Gasteiger partial charge is 0.497 e. The molecule has 7 nitrogen and oxygen atoms in total. The number of anilines is 1. The number of hydrogen-bond acceptors (Lipinski definition) is 6. The van der Waals surface area contributed by atoms with Gasteiger partial charge in [-0.2, -0.15) is 0 Å². The molecule has 1 atom stereocenters. The minimum Gasteiger partial charge on any atom is -0.497 e. The molecule has 3 rings (SSSR count). The van der Waals surface area contributed by atoms with E-state index in [9.17, 15) is 4.79 Å². The number of rotatable bonds is 6. The number of nitrogens with one attached hydrogen (secondary N) is 1. The molecule has 2 heterocycles. The van der Waals surface area contributed by atoms with E-state index in [1.54, 1.807) is 20.3 Å². The van der Waals surface area contributed by atoms with Gasteiger partial charge in [-0.05, 0) is 12.5 Å². The van der Waals surface area contributed by atoms with E-state index in [-0.39, 0.29) is 43.3 Å². The fraction of sp³-hybridized carbons (Fsp3) is 0.389. The van der Waals surface area contributed by atoms with Crippen molar-refractivity contribution in [3.8, 4) is 11.5 Å². The van der Waals surface area contributed by atoms with Gasteiger partial charge in [-0.1, -0.05) is 0 Å². The van der Waals surface area contributed by atoms with Crippen molar-refractivity contribution < 1.29 is 18.7 Å². The zero-order valence-electron chi connectivity index (χ0n) is 15.3. The van der Waals surface area contributed by atoms with Gasteiger partial charge in [0.05, 0.1) is 26.3 Å². The molecule has 3 N–H and O–H groups in total. The van der Waals surface area contributed by atoms with Crippen LogP contribution in [0.15, 0.2) is 34.9 Å². The summed E-state index contributed by atoms with van der Waals surface area (Å²) in [5.74, 6) is 1.95. The van der Waals surface area contributed by atoms with E-state index in [0.29, 0.717) is 11.3 Å². The molecule has 1 aromatic heterocycles. The number of hydrogen-bond donors (Lipinski definition) is 2. The number of methoxy groups -OCH3 is 2. The summed E-state index contributed by atoms with van der Waals surface area (Å²) in [6.07, 6.45) is 2.31. The molecule has 9 heteroatoms. The molecule has 0 aliphatic carbocycles. The third kappa shape index (κ3) is 5.45. The van der Waals surface area contributed by atoms with Gasteiger partial charge in [0.1, 0.15) is 23.5 Å². The highest BCUT2D eigenvalue weighted by Crippen LogP contribution is 2.30. The molecular weight excluding hydrogens is 393 g/mol. The topological polar surface area (TPSA) is 90.0 Å². The summed E-state index contributed by atoms with van der Waals surface area (Å²) in [4.78, 5) is 14.5. The second-order valence-corrected chi connectivity index (χ2v) is 5.98. The summed E-state index contributed by atoms with van der Waals surface area (Å²) in [5.41, 5.74) is 7.02. The third-order valence-electron chi connectivity index (χ3n) is 4.34. The van der Waals surface area contributed by atoms with Gasteiger partial charge in [0.2, 0.25) is 0 Å². The first-order chi connectivity index (χ1) is 12.1. The molecule has 1 unspecified atom stereocenters. The average molecular weight is 418 g/mol. The molecule has 0 spiro atoms. The first-order valence-electron chi connectivity index (χ1n) is 8.19. The van der Waals surface area contributed by atoms with Crippen LogP contribution in [0.1, 0.15) is 22.5 Å². The van der Waals surface area contributed by atoms with Crippen molar-refractivity contribution in [2.24, 2.45) is 5.73 Å². The second-order valence-electron chi connectivity index (χ2n) is 5.98. The molecule has 2 aromatic rings. The zero-order valence-corrected chi connectivity index (χ0v) is 16.9. The van der Waals surface area contributed by atoms with Crippen LogP contribution in [0.5, 0.6) is 11.5 Å². The maximum absolute atomic E-state index is 12.3. The first-order valence-corrected chi connectivity index (χ1v) is 8.19. The Balaban J connectivity index is 0.00000182. The number of furan rings is 1. The van der Waals surface area contributed by atoms with E-state index < -0.39 is 0 Å². The monoisotopic (exact) mass is 417 g/mol. The Hall–Kier alpha value is -2.09. The van der Waals surface area contributed by atoms with Crippen molar-refractivity contribution in [3.05, 3.63) is 41.9 Å². The average Bonchev–Trinajstić information content (AvgIpc) is 3.30. The van der Waals surface area contributed by atoms with Gasteiger partial charge in [0.15, 0.2) is 0 Å². The van der Waals surface area contributed by atoms with E-state index in [4.69, 9.17) is 19.6 Å². The van der Waals surface area contributed by atoms with Crippen LogP contribution in [0.4, 0.5) is 5.69 Å². The van der Waals surface area contributed by atoms with Crippen molar-refractivity contribution in [1.29, 1.82) is 0 Å². The highest BCUT2D eigenvalue weighted by atomic mass is 35.5. The molecule has 1 fully saturated rings. The second kappa shape index (κ2) is 10.3. The summed E-state index contributed by atoms with van der Waals surface area (Å²) in [6, 6.07) is 7.52. The third-order valence-corrected chi connectivity index (χ3v) is 4.34. The lowest BCUT2D eigenvalue weighted by Crippen LogP contribution is -2.36. The maximum atomic E-state index is 12.3. The molecule has 27 heavy (non-hydrogen) atoms. The molecule has 1 aromatic carbocycles. The number of nitrogens with two attached hydrogens (primary N) is 1. The molecule has 1 saturated heterocycles. The van der Waals surface area contributed by atoms with Gasteiger partial charge in [0, 0.05) is 43.0 Å². The van der Waals surface area contributed by atoms with Crippen molar-refractivity contribution in [3.63, 3.8) is 0 Å². The predicted octanol–water partition coefficient (Wildman–Crippen LogP) is 2.61. The van der Waals surface area contributed by atoms with Crippen LogP contribution >= 0.6 is 24.8 Å². The van der Waals surface area contributed by atoms with Crippen molar-refractivity contribution in [2.45, 2.75) is 19.0 Å². The minimum atomic E-state index is -0.140. The van der Waals surface area contributed by atoms with E-state index >= 15 is 0 Å². The lowest BCUT2D eigenvalue weighted by molar-refractivity contribution is 0.0939. The normalized spacial score (nSPS) is 15.5. The van der Waals surface area contributed by atoms with E-state index in [2.05, 4.69) is 10.2 Å². The zero-order chi connectivity index (χ0) is 17.8. The molecule has 0 radical (unpaired) electrons. The fourth-order valence-electron chi connectivity index (χ4n) is 2.96. The Kier molecular flexibility index (Phi) is 8.75. The fourth-order valence-corrected chi connectivity index (χ4v) is 2.96. The Morgan fingerprint density at radius 1 is 1.22 bits per heavy atom. The van der Waals surface area contributed by atoms with Crippen LogP contribution < -0.4 is 25.4 Å². The minimum absolute atomic E-state index is 0. The number of nitrogens with zero attached hydrogens (tertiary/aromatic N) is 1. The Morgan fingerprint density at radius 2 is 1.89 bits per heavy atom. The van der Waals surface area contributed by atoms with Crippen molar-refractivity contribution >= 4 is 36.4 Å². The SMILES string of the molecule is COc1cc(OC)cc(N2CCC(NC(=O)c3coc(CN)c3)C2)c1.Cl.Cl. The van der Waals surface area contributed by atoms with E-state index in [1.165, 1.54) is 6.26 Å². The Morgan fingerprint density at radius 3 is 2.44 bits per heavy atom. The lowest BCUT2D eigenvalue weighted by atomic mass is 10.2. The van der Waals surface area contributed by atoms with Gasteiger partial charge < -0.3 is 29.8 Å². The first kappa shape index (κ1) is 23.0. The molecule has 0 saturated carbocycles. The van der Waals surface area contributed by atoms with Crippen LogP contribution in [0.3, 0.4) is 0 Å². The number of benzene rings is 1. The van der Waals surface area contributed by atoms with E-state index in [1.807, 2.05) is 18.2 Å². The van der Waals surface area contributed by atoms with Crippen molar-refractivity contribution in [1.82, 2.24) is 5.32 Å². The molecule has 150 valence electrons. The summed E-state index contributed by atoms with van der Waals surface area (Å²) >= 11 is 0. The van der Waals surface area contributed by atoms with Crippen molar-refractivity contribution in [2.75, 3.05) is 32.2 Å². The maximum Gasteiger partial charge on any atom is 0.254 e. The van der Waals surface area contributed by atoms with Gasteiger partial charge in [-0.25, -0.2) is 0 Å². The molecular formula is C18H25Cl2N3O4. The van der Waals surface area contributed by atoms with E-state index in [0.717, 1.165) is 36.7 Å². The summed E-state index contributed by atoms with van der Waals surface area (Å²) in [5, 5.41) is 3.05. The molecule has 1 aliphatic rings. The number of amides is 1. The van der Waals surface area contributed by atoms with Gasteiger partial charge in [-0.15, -0.1) is 24.8 Å². The molecule has 0 bridgehead atoms. The van der Waals surface area contributed by atoms with Crippen LogP contribution in [-0.4, -0.2) is 39.3 Å². The Bertz CT molecular complexity index is 732. The number of carbonyl (C=O) groups is 1. The number of carbonyl (C=O) groups excluding carboxylic acids is 1. The quantitative estimate of drug-likeness (QED) is 0.750. The standard InChI is InChI=1S/C18H23N3O4.2ClH/c1-23-15-6-14(7-16(8-15)24-2)21-4-3-13(10-21)20-18(22)12-5-17(9-19)25-11-12;;/h5-8,11,13H,3-4,9-10,19H2,1-2H3,(H,20,22);2*1H. The summed E-state index contributed by atoms with van der Waals surface area (Å²) in [6.45, 7) is 1.85. The predicted molar refractivity (Wildman–Crippen MR) is 109 cm³/mol. The Labute approximate surface area is 171 Å². The van der Waals surface area contributed by atoms with Gasteiger partial charge in [-0.3, -0.25) is 4.79 Å². The smallest absolute Gasteiger partial charge is 0.254 e. The van der Waals surface area contributed by atoms with Crippen LogP contribution in [0.25, 0.3) is 0 Å². The molecule has 1 aliphatic heterocycles. The lowest BCUT2D eigenvalue weighted by Gasteiger charge is -2.20. The van der Waals surface area contributed by atoms with Crippen LogP contribution in [-0.2, 0) is 6.54 Å². The number of ether oxygens (including phenoxy) is 2. The molecule has 1 amide bonds. The highest BCUT2D eigenvalue weighted by Gasteiger charge is 2.25. The van der Waals surface area contributed by atoms with Gasteiger partial charge in [0.25, 0.3) is 5.91 Å². The summed E-state index contributed by atoms with van der Waals surface area (Å²) in [7, 11) is 3.26. The highest BCUT2D eigenvalue weighted by molar-refractivity contribution is 5.94. The van der Waals surface area contributed by atoms with Crippen LogP contribution in [0, 0.1) is 0 Å². The number of halogens is 2. The van der Waals surface area contributed by atoms with Crippen LogP contribution in [0.2, 0.25) is 0 Å². The van der Waals surface area contributed by atoms with Gasteiger partial charge >= 0.3 is 0 Å². The summed E-state index contributed by atoms with van der Waals surface area (Å²) < 4.78 is 15.9.